The number of nitro groups is 1. The predicted octanol–water partition coefficient (Wildman–Crippen LogP) is 4.78. The van der Waals surface area contributed by atoms with E-state index in [9.17, 15) is 19.7 Å². The molecule has 1 heterocycles. The van der Waals surface area contributed by atoms with E-state index in [-0.39, 0.29) is 29.1 Å². The summed E-state index contributed by atoms with van der Waals surface area (Å²) in [5.74, 6) is -1.32. The van der Waals surface area contributed by atoms with E-state index in [4.69, 9.17) is 16.3 Å². The van der Waals surface area contributed by atoms with Gasteiger partial charge in [0.15, 0.2) is 0 Å². The molecule has 29 heavy (non-hydrogen) atoms. The Hall–Kier alpha value is -2.41. The Labute approximate surface area is 174 Å². The maximum Gasteiger partial charge on any atom is 0.336 e. The maximum atomic E-state index is 13.1. The minimum Gasteiger partial charge on any atom is -0.459 e. The smallest absolute Gasteiger partial charge is 0.336 e. The second kappa shape index (κ2) is 9.39. The second-order valence-electron chi connectivity index (χ2n) is 7.68. The Kier molecular flexibility index (Phi) is 6.90. The van der Waals surface area contributed by atoms with Crippen LogP contribution in [0.3, 0.4) is 0 Å². The standard InChI is InChI=1S/C21H25ClN2O5/c1-13-20(21(26)29-15-7-5-3-2-4-6-8-15)16(12-19(25)23-13)14-9-10-17(22)18(11-14)24(27)28/h9-11,15-16H,2-8,12H2,1H3,(H,23,25)/t16-/m0/s1. The number of hydrogen-bond acceptors (Lipinski definition) is 5. The van der Waals surface area contributed by atoms with E-state index in [1.54, 1.807) is 13.0 Å². The number of nitro benzene ring substituents is 1. The number of carbonyl (C=O) groups is 2. The summed E-state index contributed by atoms with van der Waals surface area (Å²) in [5, 5.41) is 14.0. The van der Waals surface area contributed by atoms with Gasteiger partial charge >= 0.3 is 5.97 Å². The second-order valence-corrected chi connectivity index (χ2v) is 8.09. The fraction of sp³-hybridized carbons (Fsp3) is 0.524. The molecule has 1 N–H and O–H groups in total. The number of carbonyl (C=O) groups excluding carboxylic acids is 2. The van der Waals surface area contributed by atoms with Crippen molar-refractivity contribution in [1.29, 1.82) is 0 Å². The Morgan fingerprint density at radius 3 is 2.52 bits per heavy atom. The van der Waals surface area contributed by atoms with E-state index in [1.165, 1.54) is 18.6 Å². The number of allylic oxidation sites excluding steroid dienone is 1. The molecule has 0 bridgehead atoms. The van der Waals surface area contributed by atoms with Gasteiger partial charge in [-0.05, 0) is 44.2 Å². The van der Waals surface area contributed by atoms with Crippen LogP contribution in [0, 0.1) is 10.1 Å². The van der Waals surface area contributed by atoms with Crippen molar-refractivity contribution in [2.75, 3.05) is 0 Å². The monoisotopic (exact) mass is 420 g/mol. The van der Waals surface area contributed by atoms with E-state index < -0.39 is 16.8 Å². The van der Waals surface area contributed by atoms with Crippen molar-refractivity contribution in [3.63, 3.8) is 0 Å². The Morgan fingerprint density at radius 2 is 1.86 bits per heavy atom. The average molecular weight is 421 g/mol. The normalized spacial score (nSPS) is 21.2. The average Bonchev–Trinajstić information content (AvgIpc) is 2.63. The molecule has 1 amide bonds. The summed E-state index contributed by atoms with van der Waals surface area (Å²) < 4.78 is 5.82. The highest BCUT2D eigenvalue weighted by molar-refractivity contribution is 6.32. The van der Waals surface area contributed by atoms with Crippen LogP contribution in [0.2, 0.25) is 5.02 Å². The molecule has 1 aromatic rings. The van der Waals surface area contributed by atoms with Gasteiger partial charge in [0.25, 0.3) is 5.69 Å². The van der Waals surface area contributed by atoms with Gasteiger partial charge in [-0.1, -0.05) is 36.9 Å². The third-order valence-corrected chi connectivity index (χ3v) is 5.90. The van der Waals surface area contributed by atoms with Gasteiger partial charge in [-0.25, -0.2) is 4.79 Å². The number of esters is 1. The van der Waals surface area contributed by atoms with Crippen molar-refractivity contribution in [2.24, 2.45) is 0 Å². The zero-order valence-electron chi connectivity index (χ0n) is 16.4. The van der Waals surface area contributed by atoms with Crippen molar-refractivity contribution < 1.29 is 19.2 Å². The summed E-state index contributed by atoms with van der Waals surface area (Å²) in [5.41, 5.74) is 1.03. The summed E-state index contributed by atoms with van der Waals surface area (Å²) in [4.78, 5) is 35.9. The number of halogens is 1. The van der Waals surface area contributed by atoms with E-state index in [0.717, 1.165) is 38.5 Å². The zero-order valence-corrected chi connectivity index (χ0v) is 17.2. The van der Waals surface area contributed by atoms with Crippen LogP contribution in [0.25, 0.3) is 0 Å². The molecule has 156 valence electrons. The van der Waals surface area contributed by atoms with E-state index in [1.807, 2.05) is 0 Å². The minimum atomic E-state index is -0.610. The Morgan fingerprint density at radius 1 is 1.21 bits per heavy atom. The lowest BCUT2D eigenvalue weighted by molar-refractivity contribution is -0.384. The first kappa shape index (κ1) is 21.3. The Bertz CT molecular complexity index is 843. The lowest BCUT2D eigenvalue weighted by Crippen LogP contribution is -2.35. The number of hydrogen-bond donors (Lipinski definition) is 1. The van der Waals surface area contributed by atoms with Crippen LogP contribution in [-0.2, 0) is 14.3 Å². The third-order valence-electron chi connectivity index (χ3n) is 5.58. The van der Waals surface area contributed by atoms with Gasteiger partial charge in [0.1, 0.15) is 11.1 Å². The molecule has 0 spiro atoms. The topological polar surface area (TPSA) is 98.5 Å². The van der Waals surface area contributed by atoms with Gasteiger partial charge in [-0.2, -0.15) is 0 Å². The van der Waals surface area contributed by atoms with Crippen LogP contribution in [0.4, 0.5) is 5.69 Å². The molecule has 1 aliphatic carbocycles. The van der Waals surface area contributed by atoms with Crippen molar-refractivity contribution >= 4 is 29.2 Å². The largest absolute Gasteiger partial charge is 0.459 e. The summed E-state index contributed by atoms with van der Waals surface area (Å²) in [6, 6.07) is 4.38. The molecule has 0 radical (unpaired) electrons. The predicted molar refractivity (Wildman–Crippen MR) is 109 cm³/mol. The number of nitrogens with one attached hydrogen (secondary N) is 1. The summed E-state index contributed by atoms with van der Waals surface area (Å²) in [7, 11) is 0. The first-order chi connectivity index (χ1) is 13.9. The van der Waals surface area contributed by atoms with Crippen molar-refractivity contribution in [1.82, 2.24) is 5.32 Å². The molecule has 3 rings (SSSR count). The maximum absolute atomic E-state index is 13.1. The van der Waals surface area contributed by atoms with Crippen LogP contribution >= 0.6 is 11.6 Å². The number of amides is 1. The fourth-order valence-electron chi connectivity index (χ4n) is 4.09. The minimum absolute atomic E-state index is 0.0124. The van der Waals surface area contributed by atoms with Crippen LogP contribution in [-0.4, -0.2) is 22.9 Å². The van der Waals surface area contributed by atoms with Gasteiger partial charge in [-0.3, -0.25) is 14.9 Å². The van der Waals surface area contributed by atoms with Gasteiger partial charge in [-0.15, -0.1) is 0 Å². The zero-order chi connectivity index (χ0) is 21.0. The molecule has 1 aromatic carbocycles. The molecule has 0 aromatic heterocycles. The SMILES string of the molecule is CC1=C(C(=O)OC2CCCCCCC2)[C@H](c2ccc(Cl)c([N+](=O)[O-])c2)CC(=O)N1. The fourth-order valence-corrected chi connectivity index (χ4v) is 4.28. The van der Waals surface area contributed by atoms with E-state index in [0.29, 0.717) is 16.8 Å². The molecule has 7 nitrogen and oxygen atoms in total. The van der Waals surface area contributed by atoms with Gasteiger partial charge in [0, 0.05) is 24.1 Å². The molecule has 8 heteroatoms. The van der Waals surface area contributed by atoms with Crippen LogP contribution in [0.5, 0.6) is 0 Å². The van der Waals surface area contributed by atoms with Crippen molar-refractivity contribution in [3.05, 3.63) is 50.2 Å². The summed E-state index contributed by atoms with van der Waals surface area (Å²) >= 11 is 5.92. The molecule has 0 saturated heterocycles. The van der Waals surface area contributed by atoms with E-state index in [2.05, 4.69) is 5.32 Å². The molecule has 1 fully saturated rings. The first-order valence-electron chi connectivity index (χ1n) is 10.0. The molecule has 1 saturated carbocycles. The molecule has 1 atom stereocenters. The third kappa shape index (κ3) is 5.15. The highest BCUT2D eigenvalue weighted by Gasteiger charge is 2.34. The molecule has 0 unspecified atom stereocenters. The molecular formula is C21H25ClN2O5. The van der Waals surface area contributed by atoms with Crippen molar-refractivity contribution in [2.45, 2.75) is 70.3 Å². The number of nitrogens with zero attached hydrogens (tertiary/aromatic N) is 1. The summed E-state index contributed by atoms with van der Waals surface area (Å²) in [6.45, 7) is 1.66. The molecule has 2 aliphatic rings. The van der Waals surface area contributed by atoms with E-state index >= 15 is 0 Å². The highest BCUT2D eigenvalue weighted by Crippen LogP contribution is 2.37. The summed E-state index contributed by atoms with van der Waals surface area (Å²) in [6.07, 6.45) is 7.11. The lowest BCUT2D eigenvalue weighted by atomic mass is 9.84. The van der Waals surface area contributed by atoms with Crippen LogP contribution in [0.15, 0.2) is 29.5 Å². The number of ether oxygens (including phenoxy) is 1. The van der Waals surface area contributed by atoms with Crippen molar-refractivity contribution in [3.8, 4) is 0 Å². The first-order valence-corrected chi connectivity index (χ1v) is 10.4. The lowest BCUT2D eigenvalue weighted by Gasteiger charge is -2.28. The van der Waals surface area contributed by atoms with Gasteiger partial charge in [0.05, 0.1) is 10.5 Å². The van der Waals surface area contributed by atoms with Gasteiger partial charge in [0.2, 0.25) is 5.91 Å². The number of benzene rings is 1. The van der Waals surface area contributed by atoms with Crippen LogP contribution < -0.4 is 5.32 Å². The Balaban J connectivity index is 1.88. The molecular weight excluding hydrogens is 396 g/mol. The van der Waals surface area contributed by atoms with Crippen LogP contribution in [0.1, 0.15) is 69.8 Å². The number of rotatable bonds is 4. The van der Waals surface area contributed by atoms with Gasteiger partial charge < -0.3 is 10.1 Å². The molecule has 1 aliphatic heterocycles. The quantitative estimate of drug-likeness (QED) is 0.429. The highest BCUT2D eigenvalue weighted by atomic mass is 35.5.